The van der Waals surface area contributed by atoms with E-state index < -0.39 is 4.92 Å². The second-order valence-electron chi connectivity index (χ2n) is 5.06. The first-order valence-electron chi connectivity index (χ1n) is 7.10. The molecule has 0 saturated heterocycles. The Labute approximate surface area is 156 Å². The highest BCUT2D eigenvalue weighted by Gasteiger charge is 2.14. The van der Waals surface area contributed by atoms with Crippen LogP contribution in [0.25, 0.3) is 0 Å². The van der Waals surface area contributed by atoms with Crippen LogP contribution in [0.3, 0.4) is 0 Å². The lowest BCUT2D eigenvalue weighted by Gasteiger charge is -2.25. The molecule has 0 heterocycles. The van der Waals surface area contributed by atoms with Crippen molar-refractivity contribution in [2.24, 2.45) is 0 Å². The molecule has 0 aliphatic heterocycles. The molecule has 0 bridgehead atoms. The summed E-state index contributed by atoms with van der Waals surface area (Å²) < 4.78 is 1.98. The number of benzene rings is 3. The van der Waals surface area contributed by atoms with Crippen LogP contribution in [0.4, 0.5) is 22.7 Å². The molecule has 0 aromatic heterocycles. The molecule has 0 aliphatic rings. The van der Waals surface area contributed by atoms with Crippen molar-refractivity contribution >= 4 is 54.6 Å². The lowest BCUT2D eigenvalue weighted by molar-refractivity contribution is -0.384. The maximum absolute atomic E-state index is 10.9. The maximum atomic E-state index is 10.9. The molecule has 0 spiro atoms. The number of nitro benzene ring substituents is 1. The summed E-state index contributed by atoms with van der Waals surface area (Å²) in [6, 6.07) is 22.4. The number of hydrogen-bond donors (Lipinski definition) is 0. The van der Waals surface area contributed by atoms with Crippen molar-refractivity contribution in [3.63, 3.8) is 0 Å². The van der Waals surface area contributed by atoms with Crippen molar-refractivity contribution in [1.29, 1.82) is 0 Å². The van der Waals surface area contributed by atoms with Gasteiger partial charge in [0.1, 0.15) is 0 Å². The number of hydrogen-bond acceptors (Lipinski definition) is 3. The third kappa shape index (κ3) is 3.66. The fourth-order valence-electron chi connectivity index (χ4n) is 2.35. The second kappa shape index (κ2) is 7.15. The van der Waals surface area contributed by atoms with Crippen LogP contribution in [-0.4, -0.2) is 4.92 Å². The van der Waals surface area contributed by atoms with E-state index in [2.05, 4.69) is 31.9 Å². The van der Waals surface area contributed by atoms with Crippen LogP contribution in [0, 0.1) is 10.1 Å². The highest BCUT2D eigenvalue weighted by molar-refractivity contribution is 9.10. The minimum Gasteiger partial charge on any atom is -0.310 e. The SMILES string of the molecule is O=[N+]([O-])c1ccc(N(c2ccc(Br)cc2)c2ccc(Br)cc2)cc1. The molecule has 0 N–H and O–H groups in total. The van der Waals surface area contributed by atoms with Crippen molar-refractivity contribution in [3.8, 4) is 0 Å². The summed E-state index contributed by atoms with van der Waals surface area (Å²) in [5.41, 5.74) is 2.86. The summed E-state index contributed by atoms with van der Waals surface area (Å²) in [6.45, 7) is 0. The van der Waals surface area contributed by atoms with E-state index in [-0.39, 0.29) is 5.69 Å². The molecular formula is C18H12Br2N2O2. The summed E-state index contributed by atoms with van der Waals surface area (Å²) in [5, 5.41) is 10.9. The molecule has 0 saturated carbocycles. The van der Waals surface area contributed by atoms with Gasteiger partial charge in [-0.25, -0.2) is 0 Å². The van der Waals surface area contributed by atoms with Gasteiger partial charge in [0.25, 0.3) is 5.69 Å². The summed E-state index contributed by atoms with van der Waals surface area (Å²) in [4.78, 5) is 12.5. The summed E-state index contributed by atoms with van der Waals surface area (Å²) >= 11 is 6.88. The molecule has 3 aromatic carbocycles. The quantitative estimate of drug-likeness (QED) is 0.334. The molecule has 0 amide bonds. The highest BCUT2D eigenvalue weighted by atomic mass is 79.9. The zero-order valence-electron chi connectivity index (χ0n) is 12.4. The molecule has 0 fully saturated rings. The Morgan fingerprint density at radius 3 is 1.33 bits per heavy atom. The van der Waals surface area contributed by atoms with Gasteiger partial charge < -0.3 is 4.90 Å². The monoisotopic (exact) mass is 446 g/mol. The first-order chi connectivity index (χ1) is 11.5. The van der Waals surface area contributed by atoms with Gasteiger partial charge in [0.05, 0.1) is 4.92 Å². The van der Waals surface area contributed by atoms with Crippen molar-refractivity contribution in [3.05, 3.63) is 91.9 Å². The second-order valence-corrected chi connectivity index (χ2v) is 6.89. The number of nitrogens with zero attached hydrogens (tertiary/aromatic N) is 2. The lowest BCUT2D eigenvalue weighted by Crippen LogP contribution is -2.09. The van der Waals surface area contributed by atoms with E-state index in [4.69, 9.17) is 0 Å². The minimum atomic E-state index is -0.395. The zero-order chi connectivity index (χ0) is 17.1. The fourth-order valence-corrected chi connectivity index (χ4v) is 2.88. The summed E-state index contributed by atoms with van der Waals surface area (Å²) in [6.07, 6.45) is 0. The molecule has 120 valence electrons. The smallest absolute Gasteiger partial charge is 0.269 e. The largest absolute Gasteiger partial charge is 0.310 e. The van der Waals surface area contributed by atoms with E-state index in [1.807, 2.05) is 53.4 Å². The van der Waals surface area contributed by atoms with Crippen LogP contribution in [0.2, 0.25) is 0 Å². The van der Waals surface area contributed by atoms with Gasteiger partial charge >= 0.3 is 0 Å². The Morgan fingerprint density at radius 2 is 1.00 bits per heavy atom. The van der Waals surface area contributed by atoms with Crippen LogP contribution < -0.4 is 4.90 Å². The third-order valence-electron chi connectivity index (χ3n) is 3.49. The average Bonchev–Trinajstić information content (AvgIpc) is 2.59. The maximum Gasteiger partial charge on any atom is 0.269 e. The topological polar surface area (TPSA) is 46.4 Å². The van der Waals surface area contributed by atoms with Crippen molar-refractivity contribution in [2.75, 3.05) is 4.90 Å². The Bertz CT molecular complexity index is 802. The van der Waals surface area contributed by atoms with Crippen molar-refractivity contribution in [1.82, 2.24) is 0 Å². The lowest BCUT2D eigenvalue weighted by atomic mass is 10.2. The van der Waals surface area contributed by atoms with Gasteiger partial charge in [-0.1, -0.05) is 31.9 Å². The molecule has 0 atom stereocenters. The average molecular weight is 448 g/mol. The number of anilines is 3. The van der Waals surface area contributed by atoms with E-state index in [0.29, 0.717) is 0 Å². The van der Waals surface area contributed by atoms with E-state index in [1.54, 1.807) is 12.1 Å². The molecule has 3 aromatic rings. The van der Waals surface area contributed by atoms with E-state index in [1.165, 1.54) is 12.1 Å². The first kappa shape index (κ1) is 16.7. The molecule has 0 radical (unpaired) electrons. The van der Waals surface area contributed by atoms with E-state index in [0.717, 1.165) is 26.0 Å². The van der Waals surface area contributed by atoms with Crippen molar-refractivity contribution in [2.45, 2.75) is 0 Å². The fraction of sp³-hybridized carbons (Fsp3) is 0. The minimum absolute atomic E-state index is 0.0744. The number of rotatable bonds is 4. The molecule has 4 nitrogen and oxygen atoms in total. The first-order valence-corrected chi connectivity index (χ1v) is 8.69. The van der Waals surface area contributed by atoms with Crippen LogP contribution in [-0.2, 0) is 0 Å². The standard InChI is InChI=1S/C18H12Br2N2O2/c19-13-1-5-15(6-2-13)21(16-7-3-14(20)4-8-16)17-9-11-18(12-10-17)22(23)24/h1-12H. The summed E-state index contributed by atoms with van der Waals surface area (Å²) in [5.74, 6) is 0. The molecule has 6 heteroatoms. The van der Waals surface area contributed by atoms with Crippen LogP contribution in [0.15, 0.2) is 81.7 Å². The van der Waals surface area contributed by atoms with Crippen LogP contribution >= 0.6 is 31.9 Å². The molecule has 24 heavy (non-hydrogen) atoms. The third-order valence-corrected chi connectivity index (χ3v) is 4.55. The number of halogens is 2. The zero-order valence-corrected chi connectivity index (χ0v) is 15.6. The van der Waals surface area contributed by atoms with Gasteiger partial charge in [0.15, 0.2) is 0 Å². The van der Waals surface area contributed by atoms with Gasteiger partial charge in [-0.2, -0.15) is 0 Å². The van der Waals surface area contributed by atoms with E-state index in [9.17, 15) is 10.1 Å². The Balaban J connectivity index is 2.08. The molecular weight excluding hydrogens is 436 g/mol. The van der Waals surface area contributed by atoms with Crippen LogP contribution in [0.5, 0.6) is 0 Å². The normalized spacial score (nSPS) is 10.4. The van der Waals surface area contributed by atoms with Gasteiger partial charge in [-0.3, -0.25) is 10.1 Å². The Hall–Kier alpha value is -2.18. The highest BCUT2D eigenvalue weighted by Crippen LogP contribution is 2.36. The van der Waals surface area contributed by atoms with Gasteiger partial charge in [0, 0.05) is 38.1 Å². The van der Waals surface area contributed by atoms with Gasteiger partial charge in [0.2, 0.25) is 0 Å². The Morgan fingerprint density at radius 1 is 0.667 bits per heavy atom. The number of non-ortho nitro benzene ring substituents is 1. The Kier molecular flexibility index (Phi) is 4.97. The van der Waals surface area contributed by atoms with Crippen molar-refractivity contribution < 1.29 is 4.92 Å². The predicted octanol–water partition coefficient (Wildman–Crippen LogP) is 6.59. The predicted molar refractivity (Wildman–Crippen MR) is 103 cm³/mol. The summed E-state index contributed by atoms with van der Waals surface area (Å²) in [7, 11) is 0. The molecule has 0 unspecified atom stereocenters. The molecule has 0 aliphatic carbocycles. The van der Waals surface area contributed by atoms with E-state index >= 15 is 0 Å². The number of nitro groups is 1. The molecule has 3 rings (SSSR count). The van der Waals surface area contributed by atoms with Crippen LogP contribution in [0.1, 0.15) is 0 Å². The van der Waals surface area contributed by atoms with Gasteiger partial charge in [-0.05, 0) is 60.7 Å². The van der Waals surface area contributed by atoms with Gasteiger partial charge in [-0.15, -0.1) is 0 Å².